The van der Waals surface area contributed by atoms with Crippen molar-refractivity contribution in [3.05, 3.63) is 35.6 Å². The van der Waals surface area contributed by atoms with Gasteiger partial charge in [-0.2, -0.15) is 0 Å². The average Bonchev–Trinajstić information content (AvgIpc) is 2.43. The molecule has 0 heterocycles. The van der Waals surface area contributed by atoms with Crippen LogP contribution in [0.2, 0.25) is 0 Å². The first-order valence-electron chi connectivity index (χ1n) is 7.73. The van der Waals surface area contributed by atoms with Crippen molar-refractivity contribution in [3.8, 4) is 0 Å². The topological polar surface area (TPSA) is 104 Å². The van der Waals surface area contributed by atoms with E-state index in [2.05, 4.69) is 0 Å². The van der Waals surface area contributed by atoms with Crippen LogP contribution in [-0.4, -0.2) is 32.8 Å². The monoisotopic (exact) mass is 342 g/mol. The molecule has 1 fully saturated rings. The van der Waals surface area contributed by atoms with Gasteiger partial charge in [0.25, 0.3) is 0 Å². The van der Waals surface area contributed by atoms with E-state index in [-0.39, 0.29) is 29.2 Å². The van der Waals surface area contributed by atoms with Gasteiger partial charge in [0.05, 0.1) is 0 Å². The van der Waals surface area contributed by atoms with Crippen LogP contribution < -0.4 is 5.73 Å². The Bertz CT molecular complexity index is 672. The van der Waals surface area contributed by atoms with Gasteiger partial charge in [-0.1, -0.05) is 18.6 Å². The van der Waals surface area contributed by atoms with Gasteiger partial charge in [-0.25, -0.2) is 8.60 Å². The van der Waals surface area contributed by atoms with Crippen LogP contribution in [0, 0.1) is 10.6 Å². The van der Waals surface area contributed by atoms with Crippen molar-refractivity contribution < 1.29 is 18.5 Å². The summed E-state index contributed by atoms with van der Waals surface area (Å²) in [5.74, 6) is -1.25. The molecule has 1 aromatic rings. The first kappa shape index (κ1) is 17.9. The Labute approximate surface area is 136 Å². The SMILES string of the molecule is N=S(=O)(CC[C@H](N)C(=O)O)CCC1(c2cccc(F)c2)CCC1. The van der Waals surface area contributed by atoms with E-state index in [1.807, 2.05) is 6.07 Å². The Balaban J connectivity index is 1.99. The highest BCUT2D eigenvalue weighted by atomic mass is 32.2. The van der Waals surface area contributed by atoms with Gasteiger partial charge in [0.1, 0.15) is 11.9 Å². The van der Waals surface area contributed by atoms with Crippen molar-refractivity contribution in [1.82, 2.24) is 0 Å². The van der Waals surface area contributed by atoms with E-state index in [1.165, 1.54) is 12.1 Å². The van der Waals surface area contributed by atoms with Gasteiger partial charge in [0.15, 0.2) is 0 Å². The summed E-state index contributed by atoms with van der Waals surface area (Å²) in [4.78, 5) is 10.7. The lowest BCUT2D eigenvalue weighted by Crippen LogP contribution is -2.37. The quantitative estimate of drug-likeness (QED) is 0.675. The fraction of sp³-hybridized carbons (Fsp3) is 0.562. The summed E-state index contributed by atoms with van der Waals surface area (Å²) in [5, 5.41) is 8.75. The van der Waals surface area contributed by atoms with Crippen LogP contribution in [0.1, 0.15) is 37.7 Å². The summed E-state index contributed by atoms with van der Waals surface area (Å²) in [6.45, 7) is 0. The largest absolute Gasteiger partial charge is 0.480 e. The first-order valence-corrected chi connectivity index (χ1v) is 9.62. The molecule has 5 nitrogen and oxygen atoms in total. The molecule has 1 aliphatic carbocycles. The molecule has 1 aliphatic rings. The smallest absolute Gasteiger partial charge is 0.320 e. The number of halogens is 1. The minimum Gasteiger partial charge on any atom is -0.480 e. The molecule has 0 amide bonds. The molecule has 7 heteroatoms. The summed E-state index contributed by atoms with van der Waals surface area (Å²) in [6.07, 6.45) is 3.44. The van der Waals surface area contributed by atoms with E-state index in [0.29, 0.717) is 6.42 Å². The molecule has 128 valence electrons. The number of nitrogens with two attached hydrogens (primary N) is 1. The lowest BCUT2D eigenvalue weighted by Gasteiger charge is -2.43. The van der Waals surface area contributed by atoms with Crippen LogP contribution in [0.4, 0.5) is 4.39 Å². The van der Waals surface area contributed by atoms with E-state index in [0.717, 1.165) is 24.8 Å². The molecule has 0 bridgehead atoms. The zero-order valence-electron chi connectivity index (χ0n) is 13.0. The third kappa shape index (κ3) is 4.51. The minimum atomic E-state index is -2.87. The molecule has 1 unspecified atom stereocenters. The highest BCUT2D eigenvalue weighted by molar-refractivity contribution is 7.92. The van der Waals surface area contributed by atoms with Gasteiger partial charge < -0.3 is 10.8 Å². The number of hydrogen-bond acceptors (Lipinski definition) is 4. The number of hydrogen-bond donors (Lipinski definition) is 3. The van der Waals surface area contributed by atoms with Crippen LogP contribution in [-0.2, 0) is 19.9 Å². The summed E-state index contributed by atoms with van der Waals surface area (Å²) < 4.78 is 33.7. The van der Waals surface area contributed by atoms with Gasteiger partial charge in [-0.15, -0.1) is 0 Å². The number of benzene rings is 1. The van der Waals surface area contributed by atoms with Crippen molar-refractivity contribution in [2.45, 2.75) is 43.6 Å². The summed E-state index contributed by atoms with van der Waals surface area (Å²) in [7, 11) is -2.87. The van der Waals surface area contributed by atoms with Gasteiger partial charge in [-0.3, -0.25) is 9.57 Å². The number of nitrogens with one attached hydrogen (secondary N) is 1. The van der Waals surface area contributed by atoms with Crippen molar-refractivity contribution >= 4 is 15.7 Å². The summed E-state index contributed by atoms with van der Waals surface area (Å²) in [6, 6.07) is 5.40. The molecule has 0 aliphatic heterocycles. The molecule has 1 saturated carbocycles. The summed E-state index contributed by atoms with van der Waals surface area (Å²) in [5.41, 5.74) is 6.11. The lowest BCUT2D eigenvalue weighted by atomic mass is 9.63. The second-order valence-corrected chi connectivity index (χ2v) is 8.79. The normalized spacial score (nSPS) is 20.3. The number of aliphatic carboxylic acids is 1. The van der Waals surface area contributed by atoms with E-state index in [9.17, 15) is 13.4 Å². The Kier molecular flexibility index (Phi) is 5.41. The van der Waals surface area contributed by atoms with Crippen LogP contribution >= 0.6 is 0 Å². The molecule has 0 spiro atoms. The molecule has 0 aromatic heterocycles. The zero-order valence-corrected chi connectivity index (χ0v) is 13.8. The van der Waals surface area contributed by atoms with Gasteiger partial charge >= 0.3 is 5.97 Å². The number of carboxylic acid groups (broad SMARTS) is 1. The van der Waals surface area contributed by atoms with E-state index < -0.39 is 21.7 Å². The van der Waals surface area contributed by atoms with Gasteiger partial charge in [0.2, 0.25) is 0 Å². The predicted molar refractivity (Wildman–Crippen MR) is 87.4 cm³/mol. The molecule has 0 radical (unpaired) electrons. The summed E-state index contributed by atoms with van der Waals surface area (Å²) >= 11 is 0. The third-order valence-electron chi connectivity index (χ3n) is 4.73. The molecule has 0 saturated heterocycles. The molecule has 2 rings (SSSR count). The molecule has 23 heavy (non-hydrogen) atoms. The van der Waals surface area contributed by atoms with Crippen molar-refractivity contribution in [3.63, 3.8) is 0 Å². The van der Waals surface area contributed by atoms with E-state index in [4.69, 9.17) is 15.6 Å². The first-order chi connectivity index (χ1) is 10.7. The van der Waals surface area contributed by atoms with Gasteiger partial charge in [0, 0.05) is 21.2 Å². The average molecular weight is 342 g/mol. The Morgan fingerprint density at radius 2 is 2.13 bits per heavy atom. The van der Waals surface area contributed by atoms with Crippen molar-refractivity contribution in [1.29, 1.82) is 4.78 Å². The maximum Gasteiger partial charge on any atom is 0.320 e. The third-order valence-corrected chi connectivity index (χ3v) is 6.49. The van der Waals surface area contributed by atoms with Crippen molar-refractivity contribution in [2.24, 2.45) is 5.73 Å². The van der Waals surface area contributed by atoms with Crippen LogP contribution in [0.25, 0.3) is 0 Å². The van der Waals surface area contributed by atoms with Crippen LogP contribution in [0.5, 0.6) is 0 Å². The standard InChI is InChI=1S/C16H23FN2O3S/c17-13-4-1-3-12(11-13)16(6-2-7-16)8-10-23(19,22)9-5-14(18)15(20)21/h1,3-4,11,14,19H,2,5-10,18H2,(H,20,21)/t14-,23?/m0/s1. The highest BCUT2D eigenvalue weighted by Gasteiger charge is 2.39. The van der Waals surface area contributed by atoms with Crippen LogP contribution in [0.3, 0.4) is 0 Å². The van der Waals surface area contributed by atoms with E-state index in [1.54, 1.807) is 6.07 Å². The fourth-order valence-electron chi connectivity index (χ4n) is 3.01. The molecular formula is C16H23FN2O3S. The Hall–Kier alpha value is -1.47. The number of rotatable bonds is 8. The number of carboxylic acids is 1. The molecule has 4 N–H and O–H groups in total. The lowest BCUT2D eigenvalue weighted by molar-refractivity contribution is -0.138. The van der Waals surface area contributed by atoms with Crippen molar-refractivity contribution in [2.75, 3.05) is 11.5 Å². The fourth-order valence-corrected chi connectivity index (χ4v) is 4.57. The second-order valence-electron chi connectivity index (χ2n) is 6.35. The minimum absolute atomic E-state index is 0.0142. The van der Waals surface area contributed by atoms with Crippen LogP contribution in [0.15, 0.2) is 24.3 Å². The Morgan fingerprint density at radius 1 is 1.43 bits per heavy atom. The highest BCUT2D eigenvalue weighted by Crippen LogP contribution is 2.46. The maximum atomic E-state index is 13.5. The number of carbonyl (C=O) groups is 1. The van der Waals surface area contributed by atoms with Gasteiger partial charge in [-0.05, 0) is 48.8 Å². The molecule has 1 aromatic carbocycles. The zero-order chi connectivity index (χ0) is 17.1. The van der Waals surface area contributed by atoms with E-state index >= 15 is 0 Å². The predicted octanol–water partition coefficient (Wildman–Crippen LogP) is 2.49. The maximum absolute atomic E-state index is 13.5. The Morgan fingerprint density at radius 3 is 2.65 bits per heavy atom. The second kappa shape index (κ2) is 6.97. The molecule has 2 atom stereocenters. The molecular weight excluding hydrogens is 319 g/mol.